The van der Waals surface area contributed by atoms with Gasteiger partial charge in [0.1, 0.15) is 17.3 Å². The van der Waals surface area contributed by atoms with Crippen LogP contribution in [-0.4, -0.2) is 16.2 Å². The molecule has 0 atom stereocenters. The van der Waals surface area contributed by atoms with E-state index in [9.17, 15) is 0 Å². The van der Waals surface area contributed by atoms with E-state index in [0.717, 1.165) is 44.4 Å². The number of ether oxygens (including phenoxy) is 1. The fourth-order valence-corrected chi connectivity index (χ4v) is 6.40. The van der Waals surface area contributed by atoms with Crippen LogP contribution in [0.1, 0.15) is 36.0 Å². The fourth-order valence-electron chi connectivity index (χ4n) is 6.40. The average molecular weight is 604 g/mol. The zero-order valence-electron chi connectivity index (χ0n) is 29.1. The van der Waals surface area contributed by atoms with Crippen LogP contribution >= 0.6 is 0 Å². The smallest absolute Gasteiger partial charge is 0.137 e. The zero-order valence-corrected chi connectivity index (χ0v) is 26.1. The van der Waals surface area contributed by atoms with Crippen LogP contribution in [0.5, 0.6) is 11.5 Å². The van der Waals surface area contributed by atoms with Gasteiger partial charge in [-0.25, -0.2) is 4.98 Å². The van der Waals surface area contributed by atoms with Crippen LogP contribution < -0.4 is 15.0 Å². The van der Waals surface area contributed by atoms with Gasteiger partial charge in [-0.2, -0.15) is 0 Å². The Morgan fingerprint density at radius 1 is 0.761 bits per heavy atom. The highest BCUT2D eigenvalue weighted by Crippen LogP contribution is 2.39. The second-order valence-corrected chi connectivity index (χ2v) is 12.8. The van der Waals surface area contributed by atoms with E-state index in [4.69, 9.17) is 13.8 Å². The minimum absolute atomic E-state index is 0.00695. The van der Waals surface area contributed by atoms with Crippen LogP contribution in [0.3, 0.4) is 0 Å². The van der Waals surface area contributed by atoms with Gasteiger partial charge in [-0.05, 0) is 77.5 Å². The molecule has 0 radical (unpaired) electrons. The van der Waals surface area contributed by atoms with Crippen molar-refractivity contribution in [3.8, 4) is 28.4 Å². The maximum atomic E-state index is 8.50. The Hall–Kier alpha value is -5.55. The minimum Gasteiger partial charge on any atom is -0.457 e. The van der Waals surface area contributed by atoms with Crippen molar-refractivity contribution in [3.05, 3.63) is 139 Å². The first-order valence-corrected chi connectivity index (χ1v) is 15.6. The van der Waals surface area contributed by atoms with Crippen molar-refractivity contribution >= 4 is 38.9 Å². The first-order valence-electron chi connectivity index (χ1n) is 17.1. The Morgan fingerprint density at radius 2 is 1.54 bits per heavy atom. The molecule has 0 saturated carbocycles. The number of para-hydroxylation sites is 3. The summed E-state index contributed by atoms with van der Waals surface area (Å²) >= 11 is 0. The van der Waals surface area contributed by atoms with E-state index >= 15 is 0 Å². The SMILES string of the molecule is [2H]C([2H])([2H])c1cc(-n2c3ccccc3c3ccc(Oc4cccc(N5CNc6ccccc65)c4)cc32)ncc1-c1ccc(C(C)(C)C)cc1. The highest BCUT2D eigenvalue weighted by atomic mass is 16.5. The van der Waals surface area contributed by atoms with E-state index in [1.54, 1.807) is 12.3 Å². The number of anilines is 3. The topological polar surface area (TPSA) is 42.3 Å². The van der Waals surface area contributed by atoms with E-state index in [-0.39, 0.29) is 11.0 Å². The number of rotatable bonds is 5. The molecule has 5 aromatic carbocycles. The summed E-state index contributed by atoms with van der Waals surface area (Å²) in [5, 5.41) is 5.52. The molecule has 5 nitrogen and oxygen atoms in total. The van der Waals surface area contributed by atoms with Gasteiger partial charge in [0.2, 0.25) is 0 Å². The van der Waals surface area contributed by atoms with E-state index in [1.807, 2.05) is 77.4 Å². The lowest BCUT2D eigenvalue weighted by molar-refractivity contribution is 0.483. The summed E-state index contributed by atoms with van der Waals surface area (Å²) in [4.78, 5) is 7.11. The van der Waals surface area contributed by atoms with Crippen molar-refractivity contribution in [2.45, 2.75) is 33.0 Å². The number of pyridine rings is 1. The molecule has 0 bridgehead atoms. The molecule has 0 saturated heterocycles. The third-order valence-electron chi connectivity index (χ3n) is 8.81. The van der Waals surface area contributed by atoms with Gasteiger partial charge >= 0.3 is 0 Å². The van der Waals surface area contributed by atoms with Gasteiger partial charge in [-0.1, -0.05) is 81.4 Å². The molecule has 0 spiro atoms. The lowest BCUT2D eigenvalue weighted by Crippen LogP contribution is -2.16. The molecule has 0 unspecified atom stereocenters. The Morgan fingerprint density at radius 3 is 2.39 bits per heavy atom. The van der Waals surface area contributed by atoms with Crippen molar-refractivity contribution in [2.75, 3.05) is 16.9 Å². The van der Waals surface area contributed by atoms with Crippen LogP contribution in [0.4, 0.5) is 17.1 Å². The van der Waals surface area contributed by atoms with Gasteiger partial charge in [0.05, 0.1) is 29.1 Å². The molecule has 8 rings (SSSR count). The van der Waals surface area contributed by atoms with Crippen molar-refractivity contribution in [2.24, 2.45) is 0 Å². The first-order chi connectivity index (χ1) is 23.5. The van der Waals surface area contributed by atoms with Gasteiger partial charge in [0.15, 0.2) is 0 Å². The van der Waals surface area contributed by atoms with Gasteiger partial charge in [-0.3, -0.25) is 4.57 Å². The minimum atomic E-state index is -2.35. The Balaban J connectivity index is 1.20. The third kappa shape index (κ3) is 4.85. The molecule has 46 heavy (non-hydrogen) atoms. The largest absolute Gasteiger partial charge is 0.457 e. The van der Waals surface area contributed by atoms with Gasteiger partial charge in [0, 0.05) is 44.5 Å². The summed E-state index contributed by atoms with van der Waals surface area (Å²) in [5.74, 6) is 1.92. The number of nitrogens with zero attached hydrogens (tertiary/aromatic N) is 3. The summed E-state index contributed by atoms with van der Waals surface area (Å²) in [6.07, 6.45) is 1.70. The average Bonchev–Trinajstić information content (AvgIpc) is 3.67. The normalized spacial score (nSPS) is 14.1. The molecule has 0 aliphatic carbocycles. The van der Waals surface area contributed by atoms with Crippen LogP contribution in [-0.2, 0) is 5.41 Å². The Kier molecular flexibility index (Phi) is 5.81. The predicted molar refractivity (Wildman–Crippen MR) is 191 cm³/mol. The highest BCUT2D eigenvalue weighted by Gasteiger charge is 2.20. The monoisotopic (exact) mass is 603 g/mol. The number of nitrogens with one attached hydrogen (secondary N) is 1. The van der Waals surface area contributed by atoms with Crippen molar-refractivity contribution in [3.63, 3.8) is 0 Å². The van der Waals surface area contributed by atoms with Crippen LogP contribution in [0.2, 0.25) is 0 Å². The highest BCUT2D eigenvalue weighted by molar-refractivity contribution is 6.09. The number of hydrogen-bond donors (Lipinski definition) is 1. The number of hydrogen-bond acceptors (Lipinski definition) is 4. The maximum absolute atomic E-state index is 8.50. The molecule has 1 N–H and O–H groups in total. The molecule has 5 heteroatoms. The second kappa shape index (κ2) is 10.8. The molecular weight excluding hydrogens is 564 g/mol. The lowest BCUT2D eigenvalue weighted by Gasteiger charge is -2.19. The molecule has 226 valence electrons. The number of aryl methyl sites for hydroxylation is 1. The number of aromatic nitrogens is 2. The van der Waals surface area contributed by atoms with Crippen LogP contribution in [0, 0.1) is 6.85 Å². The van der Waals surface area contributed by atoms with E-state index in [0.29, 0.717) is 29.5 Å². The molecule has 0 fully saturated rings. The van der Waals surface area contributed by atoms with E-state index < -0.39 is 6.85 Å². The van der Waals surface area contributed by atoms with Crippen molar-refractivity contribution < 1.29 is 8.85 Å². The summed E-state index contributed by atoms with van der Waals surface area (Å²) in [7, 11) is 0. The summed E-state index contributed by atoms with van der Waals surface area (Å²) in [6.45, 7) is 4.82. The Labute approximate surface area is 273 Å². The summed E-state index contributed by atoms with van der Waals surface area (Å²) in [5.41, 5.74) is 7.93. The second-order valence-electron chi connectivity index (χ2n) is 12.8. The molecule has 0 amide bonds. The molecule has 1 aliphatic heterocycles. The molecular formula is C41H36N4O. The van der Waals surface area contributed by atoms with Gasteiger partial charge in [0.25, 0.3) is 0 Å². The van der Waals surface area contributed by atoms with Gasteiger partial charge < -0.3 is 15.0 Å². The zero-order chi connectivity index (χ0) is 33.9. The van der Waals surface area contributed by atoms with E-state index in [2.05, 4.69) is 73.5 Å². The van der Waals surface area contributed by atoms with Crippen LogP contribution in [0.15, 0.2) is 128 Å². The maximum Gasteiger partial charge on any atom is 0.137 e. The predicted octanol–water partition coefficient (Wildman–Crippen LogP) is 10.8. The van der Waals surface area contributed by atoms with Crippen LogP contribution in [0.25, 0.3) is 38.8 Å². The summed E-state index contributed by atoms with van der Waals surface area (Å²) in [6, 6.07) is 40.3. The number of benzene rings is 5. The number of fused-ring (bicyclic) bond motifs is 4. The lowest BCUT2D eigenvalue weighted by atomic mass is 9.86. The van der Waals surface area contributed by atoms with Crippen molar-refractivity contribution in [1.82, 2.24) is 9.55 Å². The quantitative estimate of drug-likeness (QED) is 0.213. The third-order valence-corrected chi connectivity index (χ3v) is 8.81. The standard InChI is InChI=1S/C41H36N4O/c1-27-22-40(42-25-35(27)28-16-18-29(19-17-28)41(2,3)4)45-37-14-7-5-12-33(37)34-21-20-32(24-39(34)45)46-31-11-9-10-30(23-31)44-26-43-36-13-6-8-15-38(36)44/h5-25,43H,26H2,1-4H3/i1D3. The van der Waals surface area contributed by atoms with E-state index in [1.165, 1.54) is 5.56 Å². The molecule has 1 aliphatic rings. The molecule has 7 aromatic rings. The summed E-state index contributed by atoms with van der Waals surface area (Å²) < 4.78 is 34.0. The molecule has 3 heterocycles. The first kappa shape index (κ1) is 24.7. The molecule has 2 aromatic heterocycles. The van der Waals surface area contributed by atoms with Crippen molar-refractivity contribution in [1.29, 1.82) is 0 Å². The fraction of sp³-hybridized carbons (Fsp3) is 0.146. The Bertz CT molecular complexity index is 2350. The van der Waals surface area contributed by atoms with Gasteiger partial charge in [-0.15, -0.1) is 0 Å².